The van der Waals surface area contributed by atoms with E-state index in [1.54, 1.807) is 0 Å². The zero-order chi connectivity index (χ0) is 10.8. The molecule has 0 saturated heterocycles. The topological polar surface area (TPSA) is 34.0 Å². The molecular weight excluding hydrogens is 200 g/mol. The number of rotatable bonds is 2. The van der Waals surface area contributed by atoms with Gasteiger partial charge in [-0.15, -0.1) is 10.2 Å². The second-order valence-corrected chi connectivity index (χ2v) is 5.18. The van der Waals surface area contributed by atoms with Gasteiger partial charge in [-0.2, -0.15) is 0 Å². The minimum Gasteiger partial charge on any atom is -0.315 e. The third-order valence-corrected chi connectivity index (χ3v) is 3.96. The summed E-state index contributed by atoms with van der Waals surface area (Å²) >= 11 is 0. The molecule has 1 aromatic heterocycles. The fraction of sp³-hybridized carbons (Fsp3) is 0.833. The van der Waals surface area contributed by atoms with Crippen LogP contribution < -0.4 is 0 Å². The molecule has 0 N–H and O–H groups in total. The van der Waals surface area contributed by atoms with Crippen LogP contribution in [0.15, 0.2) is 6.33 Å². The molecule has 0 spiro atoms. The third kappa shape index (κ3) is 2.12. The highest BCUT2D eigenvalue weighted by Gasteiger charge is 2.21. The van der Waals surface area contributed by atoms with E-state index < -0.39 is 0 Å². The van der Waals surface area contributed by atoms with E-state index in [0.29, 0.717) is 0 Å². The Morgan fingerprint density at radius 1 is 1.19 bits per heavy atom. The van der Waals surface area contributed by atoms with Gasteiger partial charge in [-0.3, -0.25) is 4.90 Å². The van der Waals surface area contributed by atoms with Gasteiger partial charge in [0.25, 0.3) is 0 Å². The zero-order valence-corrected chi connectivity index (χ0v) is 9.81. The van der Waals surface area contributed by atoms with Crippen molar-refractivity contribution in [1.82, 2.24) is 19.7 Å². The molecular formula is C12H20N4. The molecule has 16 heavy (non-hydrogen) atoms. The molecule has 4 nitrogen and oxygen atoms in total. The number of fused-ring (bicyclic) bond motifs is 1. The molecule has 0 aromatic carbocycles. The minimum atomic E-state index is 0.934. The summed E-state index contributed by atoms with van der Waals surface area (Å²) in [6.07, 6.45) is 9.05. The molecule has 2 aliphatic rings. The van der Waals surface area contributed by atoms with Crippen molar-refractivity contribution in [3.63, 3.8) is 0 Å². The van der Waals surface area contributed by atoms with Crippen LogP contribution in [0.4, 0.5) is 0 Å². The molecule has 1 fully saturated rings. The Balaban J connectivity index is 1.57. The predicted octanol–water partition coefficient (Wildman–Crippen LogP) is 1.67. The van der Waals surface area contributed by atoms with Gasteiger partial charge < -0.3 is 4.57 Å². The van der Waals surface area contributed by atoms with E-state index in [1.807, 2.05) is 6.33 Å². The first-order chi connectivity index (χ1) is 7.92. The van der Waals surface area contributed by atoms with Gasteiger partial charge in [0.15, 0.2) is 0 Å². The van der Waals surface area contributed by atoms with Crippen LogP contribution in [-0.4, -0.2) is 32.8 Å². The smallest absolute Gasteiger partial charge is 0.147 e. The Morgan fingerprint density at radius 2 is 2.06 bits per heavy atom. The van der Waals surface area contributed by atoms with E-state index in [-0.39, 0.29) is 0 Å². The second-order valence-electron chi connectivity index (χ2n) is 5.18. The number of hydrogen-bond donors (Lipinski definition) is 0. The van der Waals surface area contributed by atoms with E-state index in [2.05, 4.69) is 19.7 Å². The lowest BCUT2D eigenvalue weighted by atomic mass is 9.89. The lowest BCUT2D eigenvalue weighted by Crippen LogP contribution is -2.37. The Morgan fingerprint density at radius 3 is 2.94 bits per heavy atom. The van der Waals surface area contributed by atoms with E-state index in [1.165, 1.54) is 45.2 Å². The van der Waals surface area contributed by atoms with Gasteiger partial charge in [0, 0.05) is 19.6 Å². The lowest BCUT2D eigenvalue weighted by molar-refractivity contribution is 0.165. The maximum atomic E-state index is 4.17. The summed E-state index contributed by atoms with van der Waals surface area (Å²) < 4.78 is 2.18. The van der Waals surface area contributed by atoms with Gasteiger partial charge in [0.2, 0.25) is 0 Å². The summed E-state index contributed by atoms with van der Waals surface area (Å²) in [7, 11) is 0. The maximum absolute atomic E-state index is 4.17. The van der Waals surface area contributed by atoms with Crippen LogP contribution in [0.3, 0.4) is 0 Å². The van der Waals surface area contributed by atoms with Gasteiger partial charge in [0.1, 0.15) is 12.2 Å². The molecule has 0 atom stereocenters. The molecule has 3 rings (SSSR count). The van der Waals surface area contributed by atoms with Crippen molar-refractivity contribution in [3.05, 3.63) is 12.2 Å². The lowest BCUT2D eigenvalue weighted by Gasteiger charge is -2.32. The van der Waals surface area contributed by atoms with Crippen LogP contribution in [-0.2, 0) is 13.1 Å². The molecule has 0 radical (unpaired) electrons. The molecule has 0 bridgehead atoms. The van der Waals surface area contributed by atoms with Crippen molar-refractivity contribution < 1.29 is 0 Å². The standard InChI is InChI=1S/C12H20N4/c1-2-4-11(5-3-1)8-15-6-7-16-10-13-14-12(16)9-15/h10-11H,1-9H2. The van der Waals surface area contributed by atoms with E-state index >= 15 is 0 Å². The molecule has 1 aliphatic carbocycles. The van der Waals surface area contributed by atoms with Gasteiger partial charge in [-0.1, -0.05) is 19.3 Å². The monoisotopic (exact) mass is 220 g/mol. The first kappa shape index (κ1) is 10.3. The van der Waals surface area contributed by atoms with E-state index in [9.17, 15) is 0 Å². The quantitative estimate of drug-likeness (QED) is 0.760. The van der Waals surface area contributed by atoms with Crippen molar-refractivity contribution in [2.45, 2.75) is 45.2 Å². The van der Waals surface area contributed by atoms with E-state index in [0.717, 1.165) is 24.8 Å². The number of hydrogen-bond acceptors (Lipinski definition) is 3. The average molecular weight is 220 g/mol. The molecule has 2 heterocycles. The van der Waals surface area contributed by atoms with Crippen LogP contribution in [0.2, 0.25) is 0 Å². The fourth-order valence-electron chi connectivity index (χ4n) is 3.01. The number of nitrogens with zero attached hydrogens (tertiary/aromatic N) is 4. The van der Waals surface area contributed by atoms with Gasteiger partial charge in [-0.25, -0.2) is 0 Å². The molecule has 4 heteroatoms. The first-order valence-electron chi connectivity index (χ1n) is 6.51. The van der Waals surface area contributed by atoms with Crippen molar-refractivity contribution in [2.24, 2.45) is 5.92 Å². The van der Waals surface area contributed by atoms with Crippen LogP contribution in [0.1, 0.15) is 37.9 Å². The van der Waals surface area contributed by atoms with Gasteiger partial charge in [-0.05, 0) is 18.8 Å². The van der Waals surface area contributed by atoms with Crippen LogP contribution in [0.25, 0.3) is 0 Å². The number of aromatic nitrogens is 3. The maximum Gasteiger partial charge on any atom is 0.147 e. The van der Waals surface area contributed by atoms with Crippen molar-refractivity contribution in [2.75, 3.05) is 13.1 Å². The normalized spacial score (nSPS) is 23.2. The highest BCUT2D eigenvalue weighted by molar-refractivity contribution is 4.90. The van der Waals surface area contributed by atoms with Gasteiger partial charge in [0.05, 0.1) is 6.54 Å². The Bertz CT molecular complexity index is 341. The molecule has 1 aromatic rings. The largest absolute Gasteiger partial charge is 0.315 e. The van der Waals surface area contributed by atoms with Crippen LogP contribution >= 0.6 is 0 Å². The molecule has 0 amide bonds. The average Bonchev–Trinajstić information content (AvgIpc) is 2.77. The van der Waals surface area contributed by atoms with Crippen LogP contribution in [0.5, 0.6) is 0 Å². The van der Waals surface area contributed by atoms with E-state index in [4.69, 9.17) is 0 Å². The fourth-order valence-corrected chi connectivity index (χ4v) is 3.01. The molecule has 1 aliphatic heterocycles. The van der Waals surface area contributed by atoms with Gasteiger partial charge >= 0.3 is 0 Å². The van der Waals surface area contributed by atoms with Crippen molar-refractivity contribution >= 4 is 0 Å². The Labute approximate surface area is 96.7 Å². The zero-order valence-electron chi connectivity index (χ0n) is 9.81. The Kier molecular flexibility index (Phi) is 2.91. The minimum absolute atomic E-state index is 0.934. The summed E-state index contributed by atoms with van der Waals surface area (Å²) in [6.45, 7) is 4.50. The summed E-state index contributed by atoms with van der Waals surface area (Å²) in [4.78, 5) is 2.56. The van der Waals surface area contributed by atoms with Crippen LogP contribution in [0, 0.1) is 5.92 Å². The predicted molar refractivity (Wildman–Crippen MR) is 61.9 cm³/mol. The molecule has 1 saturated carbocycles. The summed E-state index contributed by atoms with van der Waals surface area (Å²) in [5.41, 5.74) is 0. The summed E-state index contributed by atoms with van der Waals surface area (Å²) in [5.74, 6) is 2.07. The van der Waals surface area contributed by atoms with Crippen molar-refractivity contribution in [3.8, 4) is 0 Å². The SMILES string of the molecule is c1nnc2n1CCN(CC1CCCCC1)C2. The summed E-state index contributed by atoms with van der Waals surface area (Å²) in [5, 5.41) is 8.14. The molecule has 0 unspecified atom stereocenters. The third-order valence-electron chi connectivity index (χ3n) is 3.96. The highest BCUT2D eigenvalue weighted by Crippen LogP contribution is 2.25. The summed E-state index contributed by atoms with van der Waals surface area (Å²) in [6, 6.07) is 0. The second kappa shape index (κ2) is 4.53. The Hall–Kier alpha value is -0.900. The van der Waals surface area contributed by atoms with Crippen molar-refractivity contribution in [1.29, 1.82) is 0 Å². The first-order valence-corrected chi connectivity index (χ1v) is 6.51. The molecule has 88 valence electrons. The highest BCUT2D eigenvalue weighted by atomic mass is 15.3.